The van der Waals surface area contributed by atoms with Crippen molar-refractivity contribution in [2.75, 3.05) is 0 Å². The van der Waals surface area contributed by atoms with Crippen molar-refractivity contribution in [3.8, 4) is 51.8 Å². The molecule has 0 unspecified atom stereocenters. The molecule has 0 bridgehead atoms. The van der Waals surface area contributed by atoms with E-state index in [9.17, 15) is 15.8 Å². The highest BCUT2D eigenvalue weighted by Gasteiger charge is 2.22. The molecule has 0 radical (unpaired) electrons. The van der Waals surface area contributed by atoms with Crippen LogP contribution in [0, 0.1) is 34.0 Å². The van der Waals surface area contributed by atoms with Gasteiger partial charge in [-0.25, -0.2) is 0 Å². The molecule has 9 rings (SSSR count). The summed E-state index contributed by atoms with van der Waals surface area (Å²) in [6, 6.07) is 57.8. The minimum absolute atomic E-state index is 0.428. The van der Waals surface area contributed by atoms with Crippen LogP contribution in [-0.2, 0) is 0 Å². The molecule has 0 fully saturated rings. The van der Waals surface area contributed by atoms with Crippen molar-refractivity contribution in [2.45, 2.75) is 0 Å². The Bertz CT molecular complexity index is 2920. The molecule has 0 saturated carbocycles. The number of aromatic nitrogens is 2. The number of fused-ring (bicyclic) bond motifs is 6. The summed E-state index contributed by atoms with van der Waals surface area (Å²) in [7, 11) is 0. The first kappa shape index (κ1) is 28.8. The first-order valence-electron chi connectivity index (χ1n) is 16.3. The third-order valence-corrected chi connectivity index (χ3v) is 9.65. The van der Waals surface area contributed by atoms with Gasteiger partial charge in [0, 0.05) is 32.7 Å². The van der Waals surface area contributed by atoms with E-state index < -0.39 is 0 Å². The van der Waals surface area contributed by atoms with Gasteiger partial charge >= 0.3 is 0 Å². The molecule has 5 heteroatoms. The van der Waals surface area contributed by atoms with Crippen LogP contribution in [-0.4, -0.2) is 9.13 Å². The number of nitrogens with zero attached hydrogens (tertiary/aromatic N) is 5. The molecule has 9 aromatic rings. The molecule has 0 atom stereocenters. The first-order valence-corrected chi connectivity index (χ1v) is 16.3. The Balaban J connectivity index is 1.32. The maximum atomic E-state index is 10.5. The second-order valence-corrected chi connectivity index (χ2v) is 12.3. The topological polar surface area (TPSA) is 81.2 Å². The predicted octanol–water partition coefficient (Wildman–Crippen LogP) is 10.8. The van der Waals surface area contributed by atoms with Crippen LogP contribution in [0.25, 0.3) is 77.2 Å². The lowest BCUT2D eigenvalue weighted by Gasteiger charge is -2.19. The molecule has 0 spiro atoms. The second kappa shape index (κ2) is 11.4. The van der Waals surface area contributed by atoms with Crippen LogP contribution in [0.4, 0.5) is 0 Å². The summed E-state index contributed by atoms with van der Waals surface area (Å²) < 4.78 is 4.39. The maximum absolute atomic E-state index is 10.5. The van der Waals surface area contributed by atoms with Gasteiger partial charge in [0.2, 0.25) is 0 Å². The fraction of sp³-hybridized carbons (Fsp3) is 0. The summed E-state index contributed by atoms with van der Waals surface area (Å²) in [5.41, 5.74) is 10.8. The Hall–Kier alpha value is -7.39. The normalized spacial score (nSPS) is 11.1. The number of benzene rings is 7. The van der Waals surface area contributed by atoms with E-state index in [4.69, 9.17) is 0 Å². The SMILES string of the molecule is N#Cc1ccc2c(c1)c1ccccc1n2-c1ccccc1-c1ccccc1-c1cc(-n2c3ccccc3c3ccccc32)c(C#N)cc1C#N. The van der Waals surface area contributed by atoms with Crippen molar-refractivity contribution in [2.24, 2.45) is 0 Å². The molecule has 0 aliphatic rings. The van der Waals surface area contributed by atoms with Crippen molar-refractivity contribution in [3.63, 3.8) is 0 Å². The van der Waals surface area contributed by atoms with Crippen molar-refractivity contribution in [1.29, 1.82) is 15.8 Å². The van der Waals surface area contributed by atoms with Crippen LogP contribution >= 0.6 is 0 Å². The lowest BCUT2D eigenvalue weighted by Crippen LogP contribution is -2.01. The van der Waals surface area contributed by atoms with Crippen LogP contribution in [0.5, 0.6) is 0 Å². The zero-order valence-corrected chi connectivity index (χ0v) is 26.7. The van der Waals surface area contributed by atoms with Gasteiger partial charge < -0.3 is 9.13 Å². The van der Waals surface area contributed by atoms with Gasteiger partial charge in [0.15, 0.2) is 0 Å². The highest BCUT2D eigenvalue weighted by Crippen LogP contribution is 2.42. The quantitative estimate of drug-likeness (QED) is 0.193. The average Bonchev–Trinajstić information content (AvgIpc) is 3.70. The Kier molecular flexibility index (Phi) is 6.56. The average molecular weight is 636 g/mol. The van der Waals surface area contributed by atoms with E-state index in [-0.39, 0.29) is 0 Å². The fourth-order valence-electron chi connectivity index (χ4n) is 7.51. The molecule has 2 heterocycles. The van der Waals surface area contributed by atoms with Crippen LogP contribution < -0.4 is 0 Å². The second-order valence-electron chi connectivity index (χ2n) is 12.3. The van der Waals surface area contributed by atoms with Gasteiger partial charge in [0.1, 0.15) is 6.07 Å². The van der Waals surface area contributed by atoms with Crippen LogP contribution in [0.2, 0.25) is 0 Å². The van der Waals surface area contributed by atoms with E-state index in [1.54, 1.807) is 6.07 Å². The molecule has 0 N–H and O–H groups in total. The number of nitriles is 3. The molecule has 0 saturated heterocycles. The van der Waals surface area contributed by atoms with Gasteiger partial charge in [-0.05, 0) is 65.7 Å². The molecule has 5 nitrogen and oxygen atoms in total. The van der Waals surface area contributed by atoms with Crippen molar-refractivity contribution >= 4 is 43.6 Å². The van der Waals surface area contributed by atoms with Crippen molar-refractivity contribution in [1.82, 2.24) is 9.13 Å². The monoisotopic (exact) mass is 635 g/mol. The third-order valence-electron chi connectivity index (χ3n) is 9.65. The van der Waals surface area contributed by atoms with Crippen LogP contribution in [0.1, 0.15) is 16.7 Å². The minimum atomic E-state index is 0.428. The molecule has 50 heavy (non-hydrogen) atoms. The number of rotatable bonds is 4. The smallest absolute Gasteiger partial charge is 0.101 e. The summed E-state index contributed by atoms with van der Waals surface area (Å²) in [5.74, 6) is 0. The van der Waals surface area contributed by atoms with E-state index in [1.807, 2.05) is 84.9 Å². The van der Waals surface area contributed by atoms with E-state index in [0.29, 0.717) is 16.7 Å². The van der Waals surface area contributed by atoms with Gasteiger partial charge in [-0.3, -0.25) is 0 Å². The van der Waals surface area contributed by atoms with Gasteiger partial charge in [0.25, 0.3) is 0 Å². The van der Waals surface area contributed by atoms with Gasteiger partial charge in [-0.1, -0.05) is 97.1 Å². The van der Waals surface area contributed by atoms with Crippen molar-refractivity contribution < 1.29 is 0 Å². The van der Waals surface area contributed by atoms with E-state index in [1.165, 1.54) is 0 Å². The van der Waals surface area contributed by atoms with Gasteiger partial charge in [-0.2, -0.15) is 15.8 Å². The summed E-state index contributed by atoms with van der Waals surface area (Å²) in [4.78, 5) is 0. The Labute approximate surface area is 287 Å². The standard InChI is InChI=1S/C45H25N5/c46-26-29-21-22-44-39(23-29)37-16-6-10-20-43(37)49(44)40-17-7-3-13-34(40)32-11-1-2-12-33(32)38-25-45(31(28-48)24-30(38)27-47)50-41-18-8-4-14-35(41)36-15-5-9-19-42(36)50/h1-25H. The van der Waals surface area contributed by atoms with E-state index in [2.05, 4.69) is 88.0 Å². The van der Waals surface area contributed by atoms with E-state index >= 15 is 0 Å². The molecule has 0 aliphatic heterocycles. The predicted molar refractivity (Wildman–Crippen MR) is 200 cm³/mol. The number of hydrogen-bond donors (Lipinski definition) is 0. The van der Waals surface area contributed by atoms with E-state index in [0.717, 1.165) is 77.2 Å². The molecular weight excluding hydrogens is 611 g/mol. The zero-order chi connectivity index (χ0) is 33.8. The molecule has 230 valence electrons. The summed E-state index contributed by atoms with van der Waals surface area (Å²) in [6.45, 7) is 0. The lowest BCUT2D eigenvalue weighted by atomic mass is 9.90. The number of hydrogen-bond acceptors (Lipinski definition) is 3. The lowest BCUT2D eigenvalue weighted by molar-refractivity contribution is 1.16. The van der Waals surface area contributed by atoms with Gasteiger partial charge in [-0.15, -0.1) is 0 Å². The first-order chi connectivity index (χ1) is 24.7. The molecule has 7 aromatic carbocycles. The summed E-state index contributed by atoms with van der Waals surface area (Å²) in [5, 5.41) is 34.9. The Morgan fingerprint density at radius 2 is 0.820 bits per heavy atom. The summed E-state index contributed by atoms with van der Waals surface area (Å²) >= 11 is 0. The third kappa shape index (κ3) is 4.24. The Morgan fingerprint density at radius 3 is 1.42 bits per heavy atom. The maximum Gasteiger partial charge on any atom is 0.101 e. The molecular formula is C45H25N5. The highest BCUT2D eigenvalue weighted by molar-refractivity contribution is 6.11. The molecule has 0 aliphatic carbocycles. The van der Waals surface area contributed by atoms with Crippen LogP contribution in [0.3, 0.4) is 0 Å². The highest BCUT2D eigenvalue weighted by atomic mass is 15.0. The van der Waals surface area contributed by atoms with Crippen molar-refractivity contribution in [3.05, 3.63) is 168 Å². The minimum Gasteiger partial charge on any atom is -0.309 e. The summed E-state index contributed by atoms with van der Waals surface area (Å²) in [6.07, 6.45) is 0. The largest absolute Gasteiger partial charge is 0.309 e. The molecule has 2 aromatic heterocycles. The molecule has 0 amide bonds. The number of para-hydroxylation sites is 4. The zero-order valence-electron chi connectivity index (χ0n) is 26.7. The fourth-order valence-corrected chi connectivity index (χ4v) is 7.51. The Morgan fingerprint density at radius 1 is 0.340 bits per heavy atom. The van der Waals surface area contributed by atoms with Crippen LogP contribution in [0.15, 0.2) is 152 Å². The van der Waals surface area contributed by atoms with Gasteiger partial charge in [0.05, 0.1) is 62.3 Å².